The molecule has 120 valence electrons. The number of benzene rings is 2. The molecule has 1 N–H and O–H groups in total. The molecule has 2 aromatic rings. The molecule has 2 aromatic carbocycles. The number of amides is 1. The highest BCUT2D eigenvalue weighted by Crippen LogP contribution is 2.43. The van der Waals surface area contributed by atoms with Crippen molar-refractivity contribution in [1.82, 2.24) is 0 Å². The number of hydrogen-bond donors (Lipinski definition) is 1. The fourth-order valence-electron chi connectivity index (χ4n) is 2.90. The Balaban J connectivity index is 2.03. The number of ketones is 1. The molecular formula is C19H14BrNO3. The van der Waals surface area contributed by atoms with Gasteiger partial charge in [0.05, 0.1) is 18.7 Å². The predicted molar refractivity (Wildman–Crippen MR) is 94.6 cm³/mol. The molecule has 1 atom stereocenters. The summed E-state index contributed by atoms with van der Waals surface area (Å²) < 4.78 is 0.710. The van der Waals surface area contributed by atoms with Crippen molar-refractivity contribution in [2.45, 2.75) is 12.0 Å². The number of aliphatic hydroxyl groups is 1. The van der Waals surface area contributed by atoms with Crippen LogP contribution in [0.15, 0.2) is 53.0 Å². The van der Waals surface area contributed by atoms with E-state index in [9.17, 15) is 14.7 Å². The molecule has 3 rings (SSSR count). The van der Waals surface area contributed by atoms with Crippen LogP contribution < -0.4 is 4.90 Å². The van der Waals surface area contributed by atoms with Crippen LogP contribution in [0.25, 0.3) is 0 Å². The number of anilines is 1. The summed E-state index contributed by atoms with van der Waals surface area (Å²) >= 11 is 3.34. The molecule has 1 heterocycles. The summed E-state index contributed by atoms with van der Waals surface area (Å²) in [6.07, 6.45) is 5.00. The molecule has 0 bridgehead atoms. The van der Waals surface area contributed by atoms with Gasteiger partial charge in [-0.15, -0.1) is 6.42 Å². The molecule has 0 aliphatic carbocycles. The van der Waals surface area contributed by atoms with E-state index in [1.807, 2.05) is 0 Å². The average Bonchev–Trinajstić information content (AvgIpc) is 2.78. The number of nitrogens with zero attached hydrogens (tertiary/aromatic N) is 1. The molecule has 5 heteroatoms. The highest BCUT2D eigenvalue weighted by atomic mass is 79.9. The molecule has 0 unspecified atom stereocenters. The van der Waals surface area contributed by atoms with Crippen LogP contribution in [0, 0.1) is 12.3 Å². The summed E-state index contributed by atoms with van der Waals surface area (Å²) in [4.78, 5) is 26.6. The normalized spacial score (nSPS) is 19.0. The van der Waals surface area contributed by atoms with Crippen molar-refractivity contribution in [3.8, 4) is 12.3 Å². The first kappa shape index (κ1) is 16.4. The lowest BCUT2D eigenvalue weighted by Gasteiger charge is -2.21. The number of terminal acetylenes is 1. The largest absolute Gasteiger partial charge is 0.375 e. The minimum absolute atomic E-state index is 0.0370. The van der Waals surface area contributed by atoms with Gasteiger partial charge < -0.3 is 5.11 Å². The van der Waals surface area contributed by atoms with Crippen molar-refractivity contribution in [2.75, 3.05) is 11.4 Å². The molecule has 1 aliphatic rings. The van der Waals surface area contributed by atoms with Gasteiger partial charge in [-0.2, -0.15) is 0 Å². The molecule has 0 aromatic heterocycles. The number of rotatable bonds is 4. The summed E-state index contributed by atoms with van der Waals surface area (Å²) in [5.74, 6) is 1.54. The molecule has 1 aliphatic heterocycles. The van der Waals surface area contributed by atoms with Crippen LogP contribution in [0.2, 0.25) is 0 Å². The van der Waals surface area contributed by atoms with Gasteiger partial charge in [-0.1, -0.05) is 52.2 Å². The van der Waals surface area contributed by atoms with Gasteiger partial charge in [-0.25, -0.2) is 0 Å². The van der Waals surface area contributed by atoms with Gasteiger partial charge in [0.2, 0.25) is 0 Å². The van der Waals surface area contributed by atoms with Crippen LogP contribution in [0.1, 0.15) is 22.3 Å². The van der Waals surface area contributed by atoms with Crippen LogP contribution in [0.5, 0.6) is 0 Å². The van der Waals surface area contributed by atoms with Crippen molar-refractivity contribution in [1.29, 1.82) is 0 Å². The van der Waals surface area contributed by atoms with Crippen LogP contribution in [-0.2, 0) is 10.4 Å². The SMILES string of the molecule is C#CCN1C(=O)[C@@](O)(CC(=O)c2ccccc2)c2cc(Br)ccc21. The summed E-state index contributed by atoms with van der Waals surface area (Å²) in [7, 11) is 0. The Morgan fingerprint density at radius 3 is 2.62 bits per heavy atom. The van der Waals surface area contributed by atoms with E-state index in [1.165, 1.54) is 4.90 Å². The Hall–Kier alpha value is -2.42. The van der Waals surface area contributed by atoms with Crippen molar-refractivity contribution < 1.29 is 14.7 Å². The molecule has 0 spiro atoms. The zero-order chi connectivity index (χ0) is 17.3. The number of carbonyl (C=O) groups is 2. The third kappa shape index (κ3) is 2.64. The van der Waals surface area contributed by atoms with E-state index in [1.54, 1.807) is 48.5 Å². The van der Waals surface area contributed by atoms with E-state index in [-0.39, 0.29) is 18.7 Å². The predicted octanol–water partition coefficient (Wildman–Crippen LogP) is 2.89. The molecule has 4 nitrogen and oxygen atoms in total. The lowest BCUT2D eigenvalue weighted by atomic mass is 9.88. The smallest absolute Gasteiger partial charge is 0.265 e. The summed E-state index contributed by atoms with van der Waals surface area (Å²) in [5, 5.41) is 11.1. The lowest BCUT2D eigenvalue weighted by molar-refractivity contribution is -0.135. The zero-order valence-electron chi connectivity index (χ0n) is 12.7. The Morgan fingerprint density at radius 2 is 1.96 bits per heavy atom. The molecule has 24 heavy (non-hydrogen) atoms. The van der Waals surface area contributed by atoms with Gasteiger partial charge in [-0.3, -0.25) is 14.5 Å². The fraction of sp³-hybridized carbons (Fsp3) is 0.158. The van der Waals surface area contributed by atoms with Gasteiger partial charge >= 0.3 is 0 Å². The van der Waals surface area contributed by atoms with Crippen LogP contribution >= 0.6 is 15.9 Å². The minimum atomic E-state index is -1.91. The maximum Gasteiger partial charge on any atom is 0.265 e. The van der Waals surface area contributed by atoms with Gasteiger partial charge in [0.1, 0.15) is 0 Å². The minimum Gasteiger partial charge on any atom is -0.375 e. The van der Waals surface area contributed by atoms with Crippen molar-refractivity contribution in [3.05, 3.63) is 64.1 Å². The Labute approximate surface area is 148 Å². The van der Waals surface area contributed by atoms with Crippen LogP contribution in [-0.4, -0.2) is 23.3 Å². The number of Topliss-reactive ketones (excluding diaryl/α,β-unsaturated/α-hetero) is 1. The molecular weight excluding hydrogens is 370 g/mol. The molecule has 0 radical (unpaired) electrons. The van der Waals surface area contributed by atoms with Gasteiger partial charge in [0.25, 0.3) is 5.91 Å². The third-order valence-corrected chi connectivity index (χ3v) is 4.55. The quantitative estimate of drug-likeness (QED) is 0.652. The molecule has 0 saturated heterocycles. The topological polar surface area (TPSA) is 57.6 Å². The second-order valence-corrected chi connectivity index (χ2v) is 6.50. The standard InChI is InChI=1S/C19H14BrNO3/c1-2-10-21-16-9-8-14(20)11-15(16)19(24,18(21)23)12-17(22)13-6-4-3-5-7-13/h1,3-9,11,24H,10,12H2/t19-/m1/s1. The maximum atomic E-state index is 12.8. The van der Waals surface area contributed by atoms with Gasteiger partial charge in [0, 0.05) is 15.6 Å². The van der Waals surface area contributed by atoms with E-state index in [4.69, 9.17) is 6.42 Å². The van der Waals surface area contributed by atoms with E-state index >= 15 is 0 Å². The monoisotopic (exact) mass is 383 g/mol. The number of carbonyl (C=O) groups excluding carboxylic acids is 2. The van der Waals surface area contributed by atoms with E-state index in [0.717, 1.165) is 0 Å². The van der Waals surface area contributed by atoms with Crippen molar-refractivity contribution in [2.24, 2.45) is 0 Å². The Kier molecular flexibility index (Phi) is 4.27. The number of fused-ring (bicyclic) bond motifs is 1. The third-order valence-electron chi connectivity index (χ3n) is 4.06. The average molecular weight is 384 g/mol. The van der Waals surface area contributed by atoms with Crippen LogP contribution in [0.4, 0.5) is 5.69 Å². The van der Waals surface area contributed by atoms with E-state index < -0.39 is 11.5 Å². The molecule has 1 amide bonds. The second-order valence-electron chi connectivity index (χ2n) is 5.58. The first-order chi connectivity index (χ1) is 11.5. The zero-order valence-corrected chi connectivity index (χ0v) is 14.3. The molecule has 0 saturated carbocycles. The van der Waals surface area contributed by atoms with Crippen molar-refractivity contribution >= 4 is 33.3 Å². The highest BCUT2D eigenvalue weighted by Gasteiger charge is 2.50. The fourth-order valence-corrected chi connectivity index (χ4v) is 3.26. The van der Waals surface area contributed by atoms with Crippen LogP contribution in [0.3, 0.4) is 0 Å². The summed E-state index contributed by atoms with van der Waals surface area (Å²) in [6, 6.07) is 13.7. The maximum absolute atomic E-state index is 12.8. The number of halogens is 1. The summed E-state index contributed by atoms with van der Waals surface area (Å²) in [6.45, 7) is 0.0370. The summed E-state index contributed by atoms with van der Waals surface area (Å²) in [5.41, 5.74) is -0.542. The number of hydrogen-bond acceptors (Lipinski definition) is 3. The van der Waals surface area contributed by atoms with Crippen molar-refractivity contribution in [3.63, 3.8) is 0 Å². The molecule has 0 fully saturated rings. The first-order valence-electron chi connectivity index (χ1n) is 7.33. The first-order valence-corrected chi connectivity index (χ1v) is 8.13. The Bertz CT molecular complexity index is 857. The van der Waals surface area contributed by atoms with E-state index in [0.29, 0.717) is 21.3 Å². The lowest BCUT2D eigenvalue weighted by Crippen LogP contribution is -2.42. The Morgan fingerprint density at radius 1 is 1.25 bits per heavy atom. The van der Waals surface area contributed by atoms with Gasteiger partial charge in [-0.05, 0) is 18.2 Å². The highest BCUT2D eigenvalue weighted by molar-refractivity contribution is 9.10. The van der Waals surface area contributed by atoms with Gasteiger partial charge in [0.15, 0.2) is 11.4 Å². The second kappa shape index (κ2) is 6.23. The van der Waals surface area contributed by atoms with E-state index in [2.05, 4.69) is 21.9 Å².